The van der Waals surface area contributed by atoms with Gasteiger partial charge in [-0.25, -0.2) is 8.78 Å². The van der Waals surface area contributed by atoms with Crippen molar-refractivity contribution in [3.8, 4) is 5.75 Å². The Hall–Kier alpha value is -1.16. The van der Waals surface area contributed by atoms with Gasteiger partial charge in [0.15, 0.2) is 17.4 Å². The molecular formula is C13H19F2NO. The monoisotopic (exact) mass is 243 g/mol. The summed E-state index contributed by atoms with van der Waals surface area (Å²) >= 11 is 0. The fourth-order valence-electron chi connectivity index (χ4n) is 1.59. The van der Waals surface area contributed by atoms with Gasteiger partial charge in [-0.05, 0) is 37.1 Å². The predicted molar refractivity (Wildman–Crippen MR) is 64.1 cm³/mol. The van der Waals surface area contributed by atoms with E-state index in [0.29, 0.717) is 25.1 Å². The molecule has 0 aliphatic carbocycles. The van der Waals surface area contributed by atoms with Crippen molar-refractivity contribution in [1.82, 2.24) is 0 Å². The number of hydrogen-bond donors (Lipinski definition) is 1. The van der Waals surface area contributed by atoms with Gasteiger partial charge >= 0.3 is 0 Å². The summed E-state index contributed by atoms with van der Waals surface area (Å²) in [6.45, 7) is 2.77. The van der Waals surface area contributed by atoms with Crippen LogP contribution in [0.4, 0.5) is 8.78 Å². The summed E-state index contributed by atoms with van der Waals surface area (Å²) in [4.78, 5) is 0. The maximum absolute atomic E-state index is 13.5. The van der Waals surface area contributed by atoms with Crippen molar-refractivity contribution in [2.24, 2.45) is 5.73 Å². The Balaban J connectivity index is 2.65. The molecular weight excluding hydrogens is 224 g/mol. The first-order valence-corrected chi connectivity index (χ1v) is 5.99. The van der Waals surface area contributed by atoms with Crippen LogP contribution >= 0.6 is 0 Å². The van der Waals surface area contributed by atoms with E-state index < -0.39 is 11.6 Å². The van der Waals surface area contributed by atoms with Crippen LogP contribution in [0.2, 0.25) is 0 Å². The molecule has 17 heavy (non-hydrogen) atoms. The first kappa shape index (κ1) is 13.9. The minimum atomic E-state index is -0.648. The van der Waals surface area contributed by atoms with Crippen LogP contribution in [0.5, 0.6) is 5.75 Å². The second-order valence-corrected chi connectivity index (χ2v) is 3.98. The van der Waals surface area contributed by atoms with Crippen LogP contribution < -0.4 is 10.5 Å². The van der Waals surface area contributed by atoms with Crippen LogP contribution in [-0.4, -0.2) is 13.2 Å². The zero-order valence-electron chi connectivity index (χ0n) is 10.1. The first-order chi connectivity index (χ1) is 8.19. The quantitative estimate of drug-likeness (QED) is 0.747. The summed E-state index contributed by atoms with van der Waals surface area (Å²) in [7, 11) is 0. The SMILES string of the molecule is CCCCCOc1c(F)cc(CCN)cc1F. The van der Waals surface area contributed by atoms with Crippen LogP contribution in [0.15, 0.2) is 12.1 Å². The standard InChI is InChI=1S/C13H19F2NO/c1-2-3-4-7-17-13-11(14)8-10(5-6-16)9-12(13)15/h8-9H,2-7,16H2,1H3. The van der Waals surface area contributed by atoms with Crippen molar-refractivity contribution in [2.75, 3.05) is 13.2 Å². The minimum Gasteiger partial charge on any atom is -0.488 e. The molecule has 0 amide bonds. The molecule has 1 aromatic carbocycles. The van der Waals surface area contributed by atoms with E-state index in [1.54, 1.807) is 0 Å². The molecule has 0 bridgehead atoms. The molecule has 0 heterocycles. The average Bonchev–Trinajstić information content (AvgIpc) is 2.27. The Morgan fingerprint density at radius 1 is 1.18 bits per heavy atom. The van der Waals surface area contributed by atoms with Gasteiger partial charge in [-0.15, -0.1) is 0 Å². The maximum atomic E-state index is 13.5. The van der Waals surface area contributed by atoms with Crippen molar-refractivity contribution in [3.05, 3.63) is 29.3 Å². The average molecular weight is 243 g/mol. The van der Waals surface area contributed by atoms with Crippen molar-refractivity contribution < 1.29 is 13.5 Å². The van der Waals surface area contributed by atoms with E-state index in [1.807, 2.05) is 0 Å². The summed E-state index contributed by atoms with van der Waals surface area (Å²) in [5, 5.41) is 0. The van der Waals surface area contributed by atoms with Gasteiger partial charge in [0, 0.05) is 0 Å². The molecule has 4 heteroatoms. The Bertz CT molecular complexity index is 332. The molecule has 96 valence electrons. The van der Waals surface area contributed by atoms with Gasteiger partial charge in [-0.2, -0.15) is 0 Å². The van der Waals surface area contributed by atoms with Gasteiger partial charge in [0.25, 0.3) is 0 Å². The fraction of sp³-hybridized carbons (Fsp3) is 0.538. The molecule has 1 rings (SSSR count). The third-order valence-corrected chi connectivity index (χ3v) is 2.49. The van der Waals surface area contributed by atoms with Crippen LogP contribution in [0.25, 0.3) is 0 Å². The van der Waals surface area contributed by atoms with E-state index >= 15 is 0 Å². The second-order valence-electron chi connectivity index (χ2n) is 3.98. The minimum absolute atomic E-state index is 0.276. The highest BCUT2D eigenvalue weighted by Gasteiger charge is 2.12. The van der Waals surface area contributed by atoms with Crippen LogP contribution in [0, 0.1) is 11.6 Å². The van der Waals surface area contributed by atoms with Gasteiger partial charge < -0.3 is 10.5 Å². The highest BCUT2D eigenvalue weighted by molar-refractivity contribution is 5.31. The smallest absolute Gasteiger partial charge is 0.190 e. The van der Waals surface area contributed by atoms with E-state index in [0.717, 1.165) is 19.3 Å². The van der Waals surface area contributed by atoms with Crippen molar-refractivity contribution in [1.29, 1.82) is 0 Å². The van der Waals surface area contributed by atoms with Crippen LogP contribution in [0.3, 0.4) is 0 Å². The number of rotatable bonds is 7. The van der Waals surface area contributed by atoms with Crippen LogP contribution in [0.1, 0.15) is 31.7 Å². The number of hydrogen-bond acceptors (Lipinski definition) is 2. The largest absolute Gasteiger partial charge is 0.488 e. The third-order valence-electron chi connectivity index (χ3n) is 2.49. The van der Waals surface area contributed by atoms with Gasteiger partial charge in [0.05, 0.1) is 6.61 Å². The maximum Gasteiger partial charge on any atom is 0.190 e. The van der Waals surface area contributed by atoms with E-state index in [2.05, 4.69) is 6.92 Å². The molecule has 2 nitrogen and oxygen atoms in total. The summed E-state index contributed by atoms with van der Waals surface area (Å²) in [5.74, 6) is -1.57. The zero-order chi connectivity index (χ0) is 12.7. The Morgan fingerprint density at radius 3 is 2.35 bits per heavy atom. The Labute approximate surface area is 101 Å². The number of ether oxygens (including phenoxy) is 1. The molecule has 0 fully saturated rings. The number of nitrogens with two attached hydrogens (primary N) is 1. The number of halogens is 2. The van der Waals surface area contributed by atoms with Gasteiger partial charge in [-0.1, -0.05) is 19.8 Å². The highest BCUT2D eigenvalue weighted by Crippen LogP contribution is 2.23. The zero-order valence-corrected chi connectivity index (χ0v) is 10.1. The topological polar surface area (TPSA) is 35.2 Å². The summed E-state index contributed by atoms with van der Waals surface area (Å²) in [6, 6.07) is 2.57. The molecule has 0 atom stereocenters. The first-order valence-electron chi connectivity index (χ1n) is 5.99. The summed E-state index contributed by atoms with van der Waals surface area (Å²) in [6.07, 6.45) is 3.31. The lowest BCUT2D eigenvalue weighted by atomic mass is 10.1. The molecule has 0 unspecified atom stereocenters. The second kappa shape index (κ2) is 7.22. The number of benzene rings is 1. The lowest BCUT2D eigenvalue weighted by molar-refractivity contribution is 0.276. The normalized spacial score (nSPS) is 10.6. The molecule has 0 radical (unpaired) electrons. The van der Waals surface area contributed by atoms with Crippen LogP contribution in [-0.2, 0) is 6.42 Å². The van der Waals surface area contributed by atoms with E-state index in [9.17, 15) is 8.78 Å². The van der Waals surface area contributed by atoms with E-state index in [-0.39, 0.29) is 5.75 Å². The Morgan fingerprint density at radius 2 is 1.82 bits per heavy atom. The molecule has 0 aliphatic heterocycles. The summed E-state index contributed by atoms with van der Waals surface area (Å²) < 4.78 is 32.2. The molecule has 0 spiro atoms. The molecule has 1 aromatic rings. The molecule has 0 saturated carbocycles. The summed E-state index contributed by atoms with van der Waals surface area (Å²) in [5.41, 5.74) is 5.89. The lowest BCUT2D eigenvalue weighted by Gasteiger charge is -2.09. The van der Waals surface area contributed by atoms with E-state index in [1.165, 1.54) is 12.1 Å². The highest BCUT2D eigenvalue weighted by atomic mass is 19.1. The van der Waals surface area contributed by atoms with Crippen molar-refractivity contribution in [2.45, 2.75) is 32.6 Å². The van der Waals surface area contributed by atoms with Crippen molar-refractivity contribution in [3.63, 3.8) is 0 Å². The third kappa shape index (κ3) is 4.30. The van der Waals surface area contributed by atoms with Gasteiger partial charge in [-0.3, -0.25) is 0 Å². The lowest BCUT2D eigenvalue weighted by Crippen LogP contribution is -2.06. The molecule has 0 saturated heterocycles. The van der Waals surface area contributed by atoms with Crippen molar-refractivity contribution >= 4 is 0 Å². The molecule has 0 aromatic heterocycles. The number of unbranched alkanes of at least 4 members (excludes halogenated alkanes) is 2. The van der Waals surface area contributed by atoms with E-state index in [4.69, 9.17) is 10.5 Å². The molecule has 2 N–H and O–H groups in total. The molecule has 0 aliphatic rings. The fourth-order valence-corrected chi connectivity index (χ4v) is 1.59. The predicted octanol–water partition coefficient (Wildman–Crippen LogP) is 3.04. The van der Waals surface area contributed by atoms with Gasteiger partial charge in [0.2, 0.25) is 0 Å². The Kier molecular flexibility index (Phi) is 5.91. The van der Waals surface area contributed by atoms with Gasteiger partial charge in [0.1, 0.15) is 0 Å².